The second-order valence-corrected chi connectivity index (χ2v) is 11.5. The van der Waals surface area contributed by atoms with Gasteiger partial charge in [-0.25, -0.2) is 4.79 Å². The Morgan fingerprint density at radius 2 is 1.73 bits per heavy atom. The monoisotopic (exact) mass is 486 g/mol. The number of benzene rings is 2. The maximum atomic E-state index is 13.1. The van der Waals surface area contributed by atoms with Crippen LogP contribution in [-0.4, -0.2) is 56.6 Å². The first-order valence-corrected chi connectivity index (χ1v) is 12.6. The van der Waals surface area contributed by atoms with Crippen molar-refractivity contribution in [3.8, 4) is 5.75 Å². The summed E-state index contributed by atoms with van der Waals surface area (Å²) in [6.07, 6.45) is 1.87. The molecule has 174 valence electrons. The Bertz CT molecular complexity index is 1030. The Kier molecular flexibility index (Phi) is 6.63. The van der Waals surface area contributed by atoms with Crippen molar-refractivity contribution in [3.05, 3.63) is 66.2 Å². The molecule has 2 aliphatic heterocycles. The predicted octanol–water partition coefficient (Wildman–Crippen LogP) is 3.05. The third-order valence-corrected chi connectivity index (χ3v) is 8.91. The number of carbonyl (C=O) groups is 3. The Morgan fingerprint density at radius 1 is 1.09 bits per heavy atom. The summed E-state index contributed by atoms with van der Waals surface area (Å²) in [6.45, 7) is 3.79. The highest BCUT2D eigenvalue weighted by atomic mass is 32.2. The third-order valence-electron chi connectivity index (χ3n) is 5.67. The van der Waals surface area contributed by atoms with E-state index >= 15 is 0 Å². The van der Waals surface area contributed by atoms with Gasteiger partial charge < -0.3 is 14.8 Å². The number of nitrogens with one attached hydrogen (secondary N) is 1. The summed E-state index contributed by atoms with van der Waals surface area (Å²) in [5.41, 5.74) is 0.879. The number of esters is 1. The first-order valence-electron chi connectivity index (χ1n) is 10.5. The topological polar surface area (TPSA) is 84.9 Å². The number of β-lactam (4-membered cyclic amide) rings is 1. The highest BCUT2D eigenvalue weighted by Gasteiger charge is 2.73. The lowest BCUT2D eigenvalue weighted by Gasteiger charge is -2.52. The molecule has 2 aliphatic rings. The fraction of sp³-hybridized carbons (Fsp3) is 0.375. The normalized spacial score (nSPS) is 25.1. The minimum Gasteiger partial charge on any atom is -0.484 e. The van der Waals surface area contributed by atoms with E-state index in [0.717, 1.165) is 5.56 Å². The average molecular weight is 487 g/mol. The van der Waals surface area contributed by atoms with Crippen LogP contribution < -0.4 is 10.1 Å². The Labute approximate surface area is 201 Å². The lowest BCUT2D eigenvalue weighted by molar-refractivity contribution is -0.166. The van der Waals surface area contributed by atoms with E-state index in [1.165, 1.54) is 23.5 Å². The van der Waals surface area contributed by atoms with E-state index in [2.05, 4.69) is 5.32 Å². The number of hydrogen-bond acceptors (Lipinski definition) is 7. The molecule has 7 nitrogen and oxygen atoms in total. The predicted molar refractivity (Wildman–Crippen MR) is 129 cm³/mol. The molecule has 33 heavy (non-hydrogen) atoms. The van der Waals surface area contributed by atoms with Crippen LogP contribution in [0, 0.1) is 0 Å². The van der Waals surface area contributed by atoms with Crippen molar-refractivity contribution >= 4 is 41.3 Å². The van der Waals surface area contributed by atoms with Gasteiger partial charge in [-0.15, -0.1) is 23.5 Å². The summed E-state index contributed by atoms with van der Waals surface area (Å²) in [4.78, 5) is 40.3. The van der Waals surface area contributed by atoms with Crippen LogP contribution in [0.4, 0.5) is 0 Å². The van der Waals surface area contributed by atoms with Gasteiger partial charge in [0.2, 0.25) is 0 Å². The molecule has 0 bridgehead atoms. The Hall–Kier alpha value is -2.65. The van der Waals surface area contributed by atoms with Crippen LogP contribution in [0.5, 0.6) is 5.75 Å². The number of fused-ring (bicyclic) bond motifs is 1. The van der Waals surface area contributed by atoms with Gasteiger partial charge in [0.25, 0.3) is 11.8 Å². The van der Waals surface area contributed by atoms with E-state index in [1.54, 1.807) is 17.0 Å². The van der Waals surface area contributed by atoms with Crippen LogP contribution in [-0.2, 0) is 25.7 Å². The molecular weight excluding hydrogens is 460 g/mol. The number of para-hydroxylation sites is 1. The molecule has 2 heterocycles. The van der Waals surface area contributed by atoms with E-state index in [0.29, 0.717) is 5.75 Å². The van der Waals surface area contributed by atoms with E-state index in [1.807, 2.05) is 68.6 Å². The molecule has 2 aromatic carbocycles. The van der Waals surface area contributed by atoms with Crippen molar-refractivity contribution < 1.29 is 23.9 Å². The van der Waals surface area contributed by atoms with Gasteiger partial charge in [0.1, 0.15) is 18.4 Å². The molecule has 0 aliphatic carbocycles. The second kappa shape index (κ2) is 9.30. The van der Waals surface area contributed by atoms with Gasteiger partial charge >= 0.3 is 5.97 Å². The van der Waals surface area contributed by atoms with Gasteiger partial charge in [-0.1, -0.05) is 48.5 Å². The first kappa shape index (κ1) is 23.5. The second-order valence-electron chi connectivity index (χ2n) is 8.35. The lowest BCUT2D eigenvalue weighted by Crippen LogP contribution is -2.76. The fourth-order valence-corrected chi connectivity index (χ4v) is 7.56. The molecule has 3 atom stereocenters. The molecule has 2 aromatic rings. The molecule has 0 saturated carbocycles. The molecule has 0 spiro atoms. The number of amides is 2. The molecule has 9 heteroatoms. The average Bonchev–Trinajstić information content (AvgIpc) is 3.05. The molecule has 1 N–H and O–H groups in total. The number of hydrogen-bond donors (Lipinski definition) is 1. The molecule has 2 amide bonds. The number of ether oxygens (including phenoxy) is 2. The van der Waals surface area contributed by atoms with Crippen LogP contribution in [0.3, 0.4) is 0 Å². The van der Waals surface area contributed by atoms with Crippen molar-refractivity contribution in [3.63, 3.8) is 0 Å². The molecule has 2 fully saturated rings. The zero-order valence-corrected chi connectivity index (χ0v) is 20.3. The summed E-state index contributed by atoms with van der Waals surface area (Å²) in [6, 6.07) is 16.9. The molecule has 0 radical (unpaired) electrons. The van der Waals surface area contributed by atoms with Crippen molar-refractivity contribution in [2.24, 2.45) is 0 Å². The maximum Gasteiger partial charge on any atom is 0.330 e. The van der Waals surface area contributed by atoms with Crippen LogP contribution in [0.2, 0.25) is 0 Å². The fourth-order valence-electron chi connectivity index (χ4n) is 4.16. The largest absolute Gasteiger partial charge is 0.484 e. The van der Waals surface area contributed by atoms with Gasteiger partial charge in [0.05, 0.1) is 0 Å². The standard InChI is InChI=1S/C24H26N2O5S2/c1-23(2)20(22(29)31-14-16-10-6-4-7-11-16)26-21(28)19(24(26,32-3)33-23)25-18(27)15-30-17-12-8-5-9-13-17/h4-13,19-20H,14-15H2,1-3H3,(H,25,27)/t19-,20+,24?/m1/s1. The summed E-state index contributed by atoms with van der Waals surface area (Å²) in [7, 11) is 0. The van der Waals surface area contributed by atoms with Gasteiger partial charge in [-0.2, -0.15) is 0 Å². The number of carbonyl (C=O) groups excluding carboxylic acids is 3. The van der Waals surface area contributed by atoms with Crippen molar-refractivity contribution in [1.29, 1.82) is 0 Å². The van der Waals surface area contributed by atoms with Gasteiger partial charge in [-0.05, 0) is 37.8 Å². The van der Waals surface area contributed by atoms with Crippen LogP contribution in [0.25, 0.3) is 0 Å². The quantitative estimate of drug-likeness (QED) is 0.453. The summed E-state index contributed by atoms with van der Waals surface area (Å²) < 4.78 is 9.71. The van der Waals surface area contributed by atoms with Crippen molar-refractivity contribution in [1.82, 2.24) is 10.2 Å². The van der Waals surface area contributed by atoms with E-state index in [4.69, 9.17) is 9.47 Å². The SMILES string of the molecule is CSC12SC(C)(C)[C@H](C(=O)OCc3ccccc3)N1C(=O)[C@H]2NC(=O)COc1ccccc1. The van der Waals surface area contributed by atoms with Crippen molar-refractivity contribution in [2.45, 2.75) is 41.5 Å². The number of rotatable bonds is 8. The van der Waals surface area contributed by atoms with Crippen LogP contribution in [0.15, 0.2) is 60.7 Å². The summed E-state index contributed by atoms with van der Waals surface area (Å²) in [5, 5.41) is 2.81. The molecule has 1 unspecified atom stereocenters. The van der Waals surface area contributed by atoms with Gasteiger partial charge in [-0.3, -0.25) is 14.5 Å². The van der Waals surface area contributed by atoms with Gasteiger partial charge in [0, 0.05) is 4.75 Å². The number of nitrogens with zero attached hydrogens (tertiary/aromatic N) is 1. The molecular formula is C24H26N2O5S2. The van der Waals surface area contributed by atoms with Crippen LogP contribution in [0.1, 0.15) is 19.4 Å². The Morgan fingerprint density at radius 3 is 2.36 bits per heavy atom. The summed E-state index contributed by atoms with van der Waals surface area (Å²) >= 11 is 2.94. The van der Waals surface area contributed by atoms with Crippen LogP contribution >= 0.6 is 23.5 Å². The molecule has 0 aromatic heterocycles. The zero-order chi connectivity index (χ0) is 23.6. The highest BCUT2D eigenvalue weighted by molar-refractivity contribution is 8.19. The Balaban J connectivity index is 1.43. The first-order chi connectivity index (χ1) is 15.8. The highest BCUT2D eigenvalue weighted by Crippen LogP contribution is 2.63. The van der Waals surface area contributed by atoms with Gasteiger partial charge in [0.15, 0.2) is 16.9 Å². The summed E-state index contributed by atoms with van der Waals surface area (Å²) in [5.74, 6) is -0.555. The minimum absolute atomic E-state index is 0.141. The maximum absolute atomic E-state index is 13.1. The zero-order valence-electron chi connectivity index (χ0n) is 18.6. The number of thioether (sulfide) groups is 2. The lowest BCUT2D eigenvalue weighted by atomic mass is 9.95. The third kappa shape index (κ3) is 4.44. The smallest absolute Gasteiger partial charge is 0.330 e. The van der Waals surface area contributed by atoms with E-state index in [9.17, 15) is 14.4 Å². The molecule has 4 rings (SSSR count). The minimum atomic E-state index is -0.778. The molecule has 2 saturated heterocycles. The van der Waals surface area contributed by atoms with Crippen molar-refractivity contribution in [2.75, 3.05) is 12.9 Å². The van der Waals surface area contributed by atoms with E-state index < -0.39 is 32.9 Å². The van der Waals surface area contributed by atoms with E-state index in [-0.39, 0.29) is 19.1 Å².